The maximum Gasteiger partial charge on any atom is 0.220 e. The lowest BCUT2D eigenvalue weighted by Crippen LogP contribution is -2.34. The van der Waals surface area contributed by atoms with E-state index in [2.05, 4.69) is 5.32 Å². The molecule has 2 aromatic rings. The van der Waals surface area contributed by atoms with Crippen molar-refractivity contribution in [3.8, 4) is 5.75 Å². The van der Waals surface area contributed by atoms with Crippen LogP contribution in [0.4, 0.5) is 0 Å². The van der Waals surface area contributed by atoms with E-state index in [1.165, 1.54) is 6.26 Å². The Morgan fingerprint density at radius 2 is 1.96 bits per heavy atom. The molecule has 0 aliphatic carbocycles. The van der Waals surface area contributed by atoms with Crippen molar-refractivity contribution in [2.24, 2.45) is 0 Å². The molecule has 2 rings (SSSR count). The number of benzene rings is 1. The van der Waals surface area contributed by atoms with E-state index in [-0.39, 0.29) is 17.9 Å². The van der Waals surface area contributed by atoms with Crippen LogP contribution < -0.4 is 10.1 Å². The third-order valence-corrected chi connectivity index (χ3v) is 4.03. The Labute approximate surface area is 142 Å². The van der Waals surface area contributed by atoms with Crippen molar-refractivity contribution in [3.63, 3.8) is 0 Å². The maximum absolute atomic E-state index is 12.2. The molecule has 130 valence electrons. The number of amides is 1. The second-order valence-corrected chi connectivity index (χ2v) is 6.11. The first-order valence-electron chi connectivity index (χ1n) is 8.14. The van der Waals surface area contributed by atoms with Gasteiger partial charge >= 0.3 is 0 Å². The van der Waals surface area contributed by atoms with Gasteiger partial charge in [-0.15, -0.1) is 0 Å². The van der Waals surface area contributed by atoms with Gasteiger partial charge < -0.3 is 19.6 Å². The molecule has 0 bridgehead atoms. The van der Waals surface area contributed by atoms with Crippen LogP contribution in [0.1, 0.15) is 50.0 Å². The molecule has 0 saturated carbocycles. The Morgan fingerprint density at radius 3 is 2.54 bits per heavy atom. The molecular formula is C19H25NO4. The van der Waals surface area contributed by atoms with E-state index in [0.717, 1.165) is 11.3 Å². The number of hydrogen-bond acceptors (Lipinski definition) is 4. The van der Waals surface area contributed by atoms with Gasteiger partial charge in [0.15, 0.2) is 0 Å². The van der Waals surface area contributed by atoms with Crippen LogP contribution in [0.5, 0.6) is 5.75 Å². The molecule has 1 aromatic carbocycles. The van der Waals surface area contributed by atoms with E-state index in [0.29, 0.717) is 18.6 Å². The molecule has 0 saturated heterocycles. The molecule has 1 heterocycles. The van der Waals surface area contributed by atoms with Crippen molar-refractivity contribution < 1.29 is 19.1 Å². The number of aliphatic hydroxyl groups excluding tert-OH is 1. The van der Waals surface area contributed by atoms with E-state index in [1.54, 1.807) is 19.2 Å². The van der Waals surface area contributed by atoms with Crippen molar-refractivity contribution in [3.05, 3.63) is 54.0 Å². The van der Waals surface area contributed by atoms with Crippen molar-refractivity contribution in [2.75, 3.05) is 7.11 Å². The Hall–Kier alpha value is -2.27. The van der Waals surface area contributed by atoms with E-state index < -0.39 is 6.10 Å². The molecule has 1 aromatic heterocycles. The predicted octanol–water partition coefficient (Wildman–Crippen LogP) is 3.41. The van der Waals surface area contributed by atoms with Gasteiger partial charge in [-0.05, 0) is 42.7 Å². The first-order chi connectivity index (χ1) is 11.5. The molecule has 5 heteroatoms. The van der Waals surface area contributed by atoms with Gasteiger partial charge in [-0.3, -0.25) is 4.79 Å². The molecule has 0 spiro atoms. The summed E-state index contributed by atoms with van der Waals surface area (Å²) in [5, 5.41) is 13.0. The van der Waals surface area contributed by atoms with Gasteiger partial charge in [0.05, 0.1) is 13.4 Å². The highest BCUT2D eigenvalue weighted by Crippen LogP contribution is 2.22. The number of ether oxygens (including phenoxy) is 1. The monoisotopic (exact) mass is 331 g/mol. The molecule has 0 aliphatic rings. The summed E-state index contributed by atoms with van der Waals surface area (Å²) in [5.41, 5.74) is 1.09. The number of rotatable bonds is 8. The smallest absolute Gasteiger partial charge is 0.220 e. The van der Waals surface area contributed by atoms with Gasteiger partial charge in [-0.1, -0.05) is 19.1 Å². The van der Waals surface area contributed by atoms with Gasteiger partial charge in [-0.25, -0.2) is 0 Å². The highest BCUT2D eigenvalue weighted by molar-refractivity contribution is 5.77. The molecule has 0 radical (unpaired) electrons. The summed E-state index contributed by atoms with van der Waals surface area (Å²) in [5.74, 6) is 1.40. The highest BCUT2D eigenvalue weighted by Gasteiger charge is 2.18. The topological polar surface area (TPSA) is 71.7 Å². The zero-order valence-electron chi connectivity index (χ0n) is 14.4. The summed E-state index contributed by atoms with van der Waals surface area (Å²) < 4.78 is 10.3. The zero-order valence-corrected chi connectivity index (χ0v) is 14.4. The zero-order chi connectivity index (χ0) is 17.5. The first kappa shape index (κ1) is 18.1. The van der Waals surface area contributed by atoms with Gasteiger partial charge in [0.1, 0.15) is 17.6 Å². The van der Waals surface area contributed by atoms with Crippen LogP contribution in [0.15, 0.2) is 47.1 Å². The van der Waals surface area contributed by atoms with Crippen LogP contribution in [-0.2, 0) is 4.79 Å². The largest absolute Gasteiger partial charge is 0.497 e. The summed E-state index contributed by atoms with van der Waals surface area (Å²) in [6, 6.07) is 11.1. The normalized spacial score (nSPS) is 14.7. The van der Waals surface area contributed by atoms with Crippen molar-refractivity contribution in [1.29, 1.82) is 0 Å². The van der Waals surface area contributed by atoms with Crippen LogP contribution in [-0.4, -0.2) is 24.2 Å². The number of hydrogen-bond donors (Lipinski definition) is 2. The van der Waals surface area contributed by atoms with Crippen LogP contribution in [0.25, 0.3) is 0 Å². The van der Waals surface area contributed by atoms with Crippen molar-refractivity contribution in [1.82, 2.24) is 5.32 Å². The fourth-order valence-corrected chi connectivity index (χ4v) is 2.65. The van der Waals surface area contributed by atoms with Gasteiger partial charge in [0.2, 0.25) is 5.91 Å². The summed E-state index contributed by atoms with van der Waals surface area (Å²) in [7, 11) is 1.63. The molecular weight excluding hydrogens is 306 g/mol. The quantitative estimate of drug-likeness (QED) is 0.777. The molecule has 5 nitrogen and oxygen atoms in total. The number of aliphatic hydroxyl groups is 1. The minimum absolute atomic E-state index is 0.0301. The number of methoxy groups -OCH3 is 1. The van der Waals surface area contributed by atoms with Gasteiger partial charge in [0.25, 0.3) is 0 Å². The predicted molar refractivity (Wildman–Crippen MR) is 91.9 cm³/mol. The van der Waals surface area contributed by atoms with Crippen LogP contribution in [0.2, 0.25) is 0 Å². The SMILES string of the molecule is COc1ccc(C(C)CC(=O)NC(C)CC(O)c2ccco2)cc1. The van der Waals surface area contributed by atoms with E-state index >= 15 is 0 Å². The summed E-state index contributed by atoms with van der Waals surface area (Å²) in [6.45, 7) is 3.89. The number of carbonyl (C=O) groups is 1. The number of furan rings is 1. The lowest BCUT2D eigenvalue weighted by molar-refractivity contribution is -0.122. The molecule has 24 heavy (non-hydrogen) atoms. The fourth-order valence-electron chi connectivity index (χ4n) is 2.65. The van der Waals surface area contributed by atoms with Gasteiger partial charge in [-0.2, -0.15) is 0 Å². The molecule has 3 atom stereocenters. The minimum Gasteiger partial charge on any atom is -0.497 e. The Kier molecular flexibility index (Phi) is 6.44. The van der Waals surface area contributed by atoms with E-state index in [4.69, 9.17) is 9.15 Å². The fraction of sp³-hybridized carbons (Fsp3) is 0.421. The van der Waals surface area contributed by atoms with Crippen LogP contribution in [0.3, 0.4) is 0 Å². The number of nitrogens with one attached hydrogen (secondary N) is 1. The summed E-state index contributed by atoms with van der Waals surface area (Å²) in [6.07, 6.45) is 1.62. The third-order valence-electron chi connectivity index (χ3n) is 4.03. The molecule has 0 aliphatic heterocycles. The van der Waals surface area contributed by atoms with E-state index in [9.17, 15) is 9.90 Å². The standard InChI is InChI=1S/C19H25NO4/c1-13(15-6-8-16(23-3)9-7-15)11-19(22)20-14(2)12-17(21)18-5-4-10-24-18/h4-10,13-14,17,21H,11-12H2,1-3H3,(H,20,22). The first-order valence-corrected chi connectivity index (χ1v) is 8.14. The summed E-state index contributed by atoms with van der Waals surface area (Å²) >= 11 is 0. The summed E-state index contributed by atoms with van der Waals surface area (Å²) in [4.78, 5) is 12.2. The third kappa shape index (κ3) is 5.13. The molecule has 0 fully saturated rings. The average Bonchev–Trinajstić information content (AvgIpc) is 3.09. The second kappa shape index (κ2) is 8.55. The minimum atomic E-state index is -0.714. The lowest BCUT2D eigenvalue weighted by Gasteiger charge is -2.18. The lowest BCUT2D eigenvalue weighted by atomic mass is 9.97. The van der Waals surface area contributed by atoms with Crippen LogP contribution >= 0.6 is 0 Å². The highest BCUT2D eigenvalue weighted by atomic mass is 16.5. The second-order valence-electron chi connectivity index (χ2n) is 6.11. The van der Waals surface area contributed by atoms with Crippen molar-refractivity contribution >= 4 is 5.91 Å². The number of carbonyl (C=O) groups excluding carboxylic acids is 1. The Bertz CT molecular complexity index is 621. The molecule has 1 amide bonds. The average molecular weight is 331 g/mol. The maximum atomic E-state index is 12.2. The van der Waals surface area contributed by atoms with Crippen molar-refractivity contribution in [2.45, 2.75) is 44.8 Å². The Morgan fingerprint density at radius 1 is 1.25 bits per heavy atom. The van der Waals surface area contributed by atoms with E-state index in [1.807, 2.05) is 38.1 Å². The Balaban J connectivity index is 1.80. The van der Waals surface area contributed by atoms with Crippen LogP contribution in [0, 0.1) is 0 Å². The molecule has 2 N–H and O–H groups in total. The molecule has 3 unspecified atom stereocenters. The van der Waals surface area contributed by atoms with Gasteiger partial charge in [0, 0.05) is 18.9 Å².